The fraction of sp³-hybridized carbons (Fsp3) is 1.00. The smallest absolute Gasteiger partial charge is 0.165 e. The standard InChI is InChI=1S/C10H19O5P/c11-7-5-9(6-1-2-6)15-8(10(7)12)3-4-16(13)14/h6-14H,1-5H2/t7?,8?,9-,10-/m0/s1. The Hall–Kier alpha value is 0.230. The Balaban J connectivity index is 1.87. The molecule has 6 heteroatoms. The first-order valence-corrected chi connectivity index (χ1v) is 7.18. The van der Waals surface area contributed by atoms with E-state index in [2.05, 4.69) is 0 Å². The number of hydrogen-bond acceptors (Lipinski definition) is 5. The van der Waals surface area contributed by atoms with Gasteiger partial charge < -0.3 is 24.7 Å². The molecule has 0 radical (unpaired) electrons. The van der Waals surface area contributed by atoms with Gasteiger partial charge in [-0.15, -0.1) is 0 Å². The van der Waals surface area contributed by atoms with Crippen molar-refractivity contribution in [1.29, 1.82) is 0 Å². The first-order valence-electron chi connectivity index (χ1n) is 5.75. The Morgan fingerprint density at radius 3 is 2.44 bits per heavy atom. The zero-order valence-corrected chi connectivity index (χ0v) is 9.96. The second-order valence-electron chi connectivity index (χ2n) is 4.73. The SMILES string of the molecule is OC1C[C@@H](C2CC2)OC(CCP(O)O)[C@H]1O. The van der Waals surface area contributed by atoms with Crippen molar-refractivity contribution >= 4 is 8.38 Å². The summed E-state index contributed by atoms with van der Waals surface area (Å²) in [6.07, 6.45) is 1.31. The van der Waals surface area contributed by atoms with Crippen LogP contribution in [0, 0.1) is 5.92 Å². The summed E-state index contributed by atoms with van der Waals surface area (Å²) in [4.78, 5) is 17.7. The molecule has 94 valence electrons. The van der Waals surface area contributed by atoms with Crippen LogP contribution in [0.25, 0.3) is 0 Å². The molecular weight excluding hydrogens is 231 g/mol. The molecule has 5 nitrogen and oxygen atoms in total. The van der Waals surface area contributed by atoms with Crippen LogP contribution in [0.15, 0.2) is 0 Å². The van der Waals surface area contributed by atoms with E-state index in [9.17, 15) is 10.2 Å². The topological polar surface area (TPSA) is 90.2 Å². The van der Waals surface area contributed by atoms with Gasteiger partial charge in [0.05, 0.1) is 18.3 Å². The second kappa shape index (κ2) is 5.25. The molecule has 1 saturated heterocycles. The molecule has 2 rings (SSSR count). The monoisotopic (exact) mass is 250 g/mol. The third-order valence-corrected chi connectivity index (χ3v) is 4.02. The molecule has 0 aromatic rings. The van der Waals surface area contributed by atoms with E-state index in [1.807, 2.05) is 0 Å². The summed E-state index contributed by atoms with van der Waals surface area (Å²) in [5, 5.41) is 19.4. The number of aliphatic hydroxyl groups is 2. The average molecular weight is 250 g/mol. The summed E-state index contributed by atoms with van der Waals surface area (Å²) in [6.45, 7) is 0. The molecule has 2 unspecified atom stereocenters. The molecule has 0 aromatic carbocycles. The Morgan fingerprint density at radius 1 is 1.19 bits per heavy atom. The van der Waals surface area contributed by atoms with Gasteiger partial charge >= 0.3 is 0 Å². The van der Waals surface area contributed by atoms with E-state index in [-0.39, 0.29) is 12.3 Å². The molecule has 0 aromatic heterocycles. The van der Waals surface area contributed by atoms with Crippen molar-refractivity contribution in [3.8, 4) is 0 Å². The Kier molecular flexibility index (Phi) is 4.16. The van der Waals surface area contributed by atoms with Crippen LogP contribution in [-0.2, 0) is 4.74 Å². The van der Waals surface area contributed by atoms with Crippen LogP contribution in [0.1, 0.15) is 25.7 Å². The molecule has 0 spiro atoms. The molecule has 1 heterocycles. The fourth-order valence-electron chi connectivity index (χ4n) is 2.24. The summed E-state index contributed by atoms with van der Waals surface area (Å²) in [7, 11) is -1.95. The summed E-state index contributed by atoms with van der Waals surface area (Å²) in [5.74, 6) is 0.523. The Bertz CT molecular complexity index is 233. The van der Waals surface area contributed by atoms with E-state index in [1.54, 1.807) is 0 Å². The molecule has 1 aliphatic carbocycles. The highest BCUT2D eigenvalue weighted by molar-refractivity contribution is 7.45. The van der Waals surface area contributed by atoms with Gasteiger partial charge in [0.25, 0.3) is 0 Å². The van der Waals surface area contributed by atoms with Gasteiger partial charge in [0.1, 0.15) is 6.10 Å². The van der Waals surface area contributed by atoms with Crippen molar-refractivity contribution in [3.05, 3.63) is 0 Å². The maximum absolute atomic E-state index is 9.74. The molecule has 4 atom stereocenters. The van der Waals surface area contributed by atoms with E-state index in [1.165, 1.54) is 0 Å². The molecule has 2 fully saturated rings. The minimum atomic E-state index is -1.95. The van der Waals surface area contributed by atoms with Crippen LogP contribution in [0.2, 0.25) is 0 Å². The van der Waals surface area contributed by atoms with Gasteiger partial charge in [-0.1, -0.05) is 0 Å². The largest absolute Gasteiger partial charge is 0.390 e. The highest BCUT2D eigenvalue weighted by Gasteiger charge is 2.42. The van der Waals surface area contributed by atoms with Crippen LogP contribution in [0.4, 0.5) is 0 Å². The van der Waals surface area contributed by atoms with Crippen LogP contribution in [0.3, 0.4) is 0 Å². The van der Waals surface area contributed by atoms with Crippen molar-refractivity contribution in [2.75, 3.05) is 6.16 Å². The van der Waals surface area contributed by atoms with E-state index in [4.69, 9.17) is 14.5 Å². The van der Waals surface area contributed by atoms with Crippen LogP contribution < -0.4 is 0 Å². The van der Waals surface area contributed by atoms with Gasteiger partial charge in [0.15, 0.2) is 8.38 Å². The van der Waals surface area contributed by atoms with Crippen molar-refractivity contribution in [2.24, 2.45) is 5.92 Å². The first kappa shape index (κ1) is 12.7. The molecule has 0 bridgehead atoms. The molecule has 1 saturated carbocycles. The molecule has 2 aliphatic rings. The number of ether oxygens (including phenoxy) is 1. The number of hydrogen-bond donors (Lipinski definition) is 4. The first-order chi connectivity index (χ1) is 7.58. The highest BCUT2D eigenvalue weighted by Crippen LogP contribution is 2.40. The maximum Gasteiger partial charge on any atom is 0.165 e. The lowest BCUT2D eigenvalue weighted by atomic mass is 9.94. The average Bonchev–Trinajstić information content (AvgIpc) is 3.03. The lowest BCUT2D eigenvalue weighted by Crippen LogP contribution is -2.49. The van der Waals surface area contributed by atoms with Crippen molar-refractivity contribution in [2.45, 2.75) is 50.1 Å². The lowest BCUT2D eigenvalue weighted by Gasteiger charge is -2.37. The molecule has 0 amide bonds. The molecular formula is C10H19O5P. The lowest BCUT2D eigenvalue weighted by molar-refractivity contribution is -0.173. The zero-order chi connectivity index (χ0) is 11.7. The normalized spacial score (nSPS) is 40.3. The van der Waals surface area contributed by atoms with Crippen molar-refractivity contribution in [3.63, 3.8) is 0 Å². The van der Waals surface area contributed by atoms with E-state index < -0.39 is 26.7 Å². The predicted molar refractivity (Wildman–Crippen MR) is 58.9 cm³/mol. The highest BCUT2D eigenvalue weighted by atomic mass is 31.2. The summed E-state index contributed by atoms with van der Waals surface area (Å²) >= 11 is 0. The fourth-order valence-corrected chi connectivity index (χ4v) is 2.72. The van der Waals surface area contributed by atoms with E-state index in [0.717, 1.165) is 12.8 Å². The minimum absolute atomic E-state index is 0.0343. The predicted octanol–water partition coefficient (Wildman–Crippen LogP) is -0.0377. The van der Waals surface area contributed by atoms with Gasteiger partial charge in [-0.3, -0.25) is 0 Å². The summed E-state index contributed by atoms with van der Waals surface area (Å²) in [5.41, 5.74) is 0. The van der Waals surface area contributed by atoms with Gasteiger partial charge in [-0.05, 0) is 25.2 Å². The third-order valence-electron chi connectivity index (χ3n) is 3.36. The summed E-state index contributed by atoms with van der Waals surface area (Å²) < 4.78 is 5.72. The third kappa shape index (κ3) is 3.13. The minimum Gasteiger partial charge on any atom is -0.390 e. The van der Waals surface area contributed by atoms with E-state index in [0.29, 0.717) is 18.8 Å². The van der Waals surface area contributed by atoms with Gasteiger partial charge in [0, 0.05) is 12.6 Å². The van der Waals surface area contributed by atoms with Gasteiger partial charge in [-0.2, -0.15) is 0 Å². The van der Waals surface area contributed by atoms with Crippen LogP contribution in [-0.4, -0.2) is 50.6 Å². The molecule has 16 heavy (non-hydrogen) atoms. The van der Waals surface area contributed by atoms with Gasteiger partial charge in [0.2, 0.25) is 0 Å². The second-order valence-corrected chi connectivity index (χ2v) is 5.92. The van der Waals surface area contributed by atoms with Crippen molar-refractivity contribution < 1.29 is 24.7 Å². The molecule has 4 N–H and O–H groups in total. The number of rotatable bonds is 4. The Labute approximate surface area is 96.0 Å². The van der Waals surface area contributed by atoms with Gasteiger partial charge in [-0.25, -0.2) is 0 Å². The van der Waals surface area contributed by atoms with Crippen LogP contribution in [0.5, 0.6) is 0 Å². The summed E-state index contributed by atoms with van der Waals surface area (Å²) in [6, 6.07) is 0. The zero-order valence-electron chi connectivity index (χ0n) is 9.07. The van der Waals surface area contributed by atoms with Crippen LogP contribution >= 0.6 is 8.38 Å². The maximum atomic E-state index is 9.74. The molecule has 1 aliphatic heterocycles. The van der Waals surface area contributed by atoms with E-state index >= 15 is 0 Å². The number of aliphatic hydroxyl groups excluding tert-OH is 2. The quantitative estimate of drug-likeness (QED) is 0.526. The Morgan fingerprint density at radius 2 is 1.88 bits per heavy atom. The van der Waals surface area contributed by atoms with Crippen molar-refractivity contribution in [1.82, 2.24) is 0 Å².